The molecule has 4 aromatic rings. The highest BCUT2D eigenvalue weighted by molar-refractivity contribution is 5.93. The van der Waals surface area contributed by atoms with Crippen LogP contribution in [0.1, 0.15) is 36.9 Å². The summed E-state index contributed by atoms with van der Waals surface area (Å²) in [6.07, 6.45) is 8.83. The third-order valence-electron chi connectivity index (χ3n) is 7.12. The number of hydrogen-bond acceptors (Lipinski definition) is 7. The van der Waals surface area contributed by atoms with Crippen molar-refractivity contribution in [2.75, 3.05) is 17.3 Å². The van der Waals surface area contributed by atoms with Crippen LogP contribution in [-0.4, -0.2) is 45.0 Å². The van der Waals surface area contributed by atoms with E-state index in [0.717, 1.165) is 54.0 Å². The Bertz CT molecular complexity index is 1470. The lowest BCUT2D eigenvalue weighted by Gasteiger charge is -2.37. The van der Waals surface area contributed by atoms with E-state index in [9.17, 15) is 4.79 Å². The van der Waals surface area contributed by atoms with Gasteiger partial charge in [0.1, 0.15) is 11.9 Å². The first-order chi connectivity index (χ1) is 19.5. The Kier molecular flexibility index (Phi) is 8.21. The van der Waals surface area contributed by atoms with Crippen LogP contribution in [-0.2, 0) is 13.6 Å². The normalized spacial score (nSPS) is 16.5. The predicted molar refractivity (Wildman–Crippen MR) is 153 cm³/mol. The lowest BCUT2D eigenvalue weighted by Crippen LogP contribution is -2.48. The number of pyridine rings is 2. The number of carbonyl (C=O) groups excluding carboxylic acids is 1. The minimum Gasteiger partial charge on any atom is -0.481 e. The highest BCUT2D eigenvalue weighted by Crippen LogP contribution is 2.31. The first kappa shape index (κ1) is 26.7. The zero-order valence-electron chi connectivity index (χ0n) is 22.6. The number of benzene rings is 1. The Balaban J connectivity index is 1.30. The van der Waals surface area contributed by atoms with Gasteiger partial charge in [-0.05, 0) is 61.6 Å². The lowest BCUT2D eigenvalue weighted by atomic mass is 9.89. The molecule has 0 spiro atoms. The molecule has 0 atom stereocenters. The average Bonchev–Trinajstić information content (AvgIpc) is 3.44. The van der Waals surface area contributed by atoms with Gasteiger partial charge < -0.3 is 15.4 Å². The van der Waals surface area contributed by atoms with Gasteiger partial charge in [-0.15, -0.1) is 0 Å². The third kappa shape index (κ3) is 6.38. The van der Waals surface area contributed by atoms with Crippen LogP contribution in [0.3, 0.4) is 0 Å². The summed E-state index contributed by atoms with van der Waals surface area (Å²) in [5, 5.41) is 19.8. The monoisotopic (exact) mass is 536 g/mol. The summed E-state index contributed by atoms with van der Waals surface area (Å²) in [7, 11) is 3.47. The molecular formula is C30H32N8O2. The van der Waals surface area contributed by atoms with Crippen molar-refractivity contribution in [1.29, 1.82) is 5.26 Å². The van der Waals surface area contributed by atoms with Crippen LogP contribution in [0.5, 0.6) is 5.88 Å². The number of nitriles is 1. The molecule has 204 valence electrons. The van der Waals surface area contributed by atoms with Crippen molar-refractivity contribution in [2.24, 2.45) is 7.05 Å². The van der Waals surface area contributed by atoms with Crippen LogP contribution in [0.15, 0.2) is 73.2 Å². The number of ether oxygens (including phenoxy) is 1. The predicted octanol–water partition coefficient (Wildman–Crippen LogP) is 4.90. The number of aryl methyl sites for hydroxylation is 1. The quantitative estimate of drug-likeness (QED) is 0.329. The zero-order valence-corrected chi connectivity index (χ0v) is 22.6. The maximum atomic E-state index is 13.7. The highest BCUT2D eigenvalue weighted by atomic mass is 16.5. The van der Waals surface area contributed by atoms with Crippen molar-refractivity contribution in [1.82, 2.24) is 25.1 Å². The van der Waals surface area contributed by atoms with Crippen molar-refractivity contribution < 1.29 is 9.53 Å². The highest BCUT2D eigenvalue weighted by Gasteiger charge is 2.30. The van der Waals surface area contributed by atoms with Crippen molar-refractivity contribution in [3.05, 3.63) is 84.4 Å². The van der Waals surface area contributed by atoms with Gasteiger partial charge in [0.2, 0.25) is 5.88 Å². The Morgan fingerprint density at radius 2 is 1.88 bits per heavy atom. The summed E-state index contributed by atoms with van der Waals surface area (Å²) >= 11 is 0. The summed E-state index contributed by atoms with van der Waals surface area (Å²) < 4.78 is 7.00. The van der Waals surface area contributed by atoms with E-state index in [1.165, 1.54) is 0 Å². The summed E-state index contributed by atoms with van der Waals surface area (Å²) in [4.78, 5) is 24.3. The molecule has 0 radical (unpaired) electrons. The summed E-state index contributed by atoms with van der Waals surface area (Å²) in [5.74, 6) is 1.27. The van der Waals surface area contributed by atoms with Gasteiger partial charge in [-0.1, -0.05) is 18.2 Å². The van der Waals surface area contributed by atoms with E-state index in [-0.39, 0.29) is 18.1 Å². The maximum absolute atomic E-state index is 13.7. The maximum Gasteiger partial charge on any atom is 0.322 e. The van der Waals surface area contributed by atoms with Gasteiger partial charge in [0.25, 0.3) is 0 Å². The Labute approximate surface area is 233 Å². The number of rotatable bonds is 8. The van der Waals surface area contributed by atoms with Crippen molar-refractivity contribution in [3.63, 3.8) is 0 Å². The van der Waals surface area contributed by atoms with Crippen molar-refractivity contribution in [3.8, 4) is 23.1 Å². The summed E-state index contributed by atoms with van der Waals surface area (Å²) in [6.45, 7) is 0.293. The van der Waals surface area contributed by atoms with E-state index in [2.05, 4.69) is 31.8 Å². The van der Waals surface area contributed by atoms with Crippen LogP contribution < -0.4 is 20.3 Å². The number of carbonyl (C=O) groups is 1. The van der Waals surface area contributed by atoms with Gasteiger partial charge in [0.15, 0.2) is 0 Å². The molecule has 1 fully saturated rings. The van der Waals surface area contributed by atoms with E-state index >= 15 is 0 Å². The summed E-state index contributed by atoms with van der Waals surface area (Å²) in [6, 6.07) is 19.4. The van der Waals surface area contributed by atoms with Crippen LogP contribution in [0.25, 0.3) is 11.1 Å². The van der Waals surface area contributed by atoms with E-state index < -0.39 is 0 Å². The average molecular weight is 537 g/mol. The molecule has 1 saturated carbocycles. The molecule has 2 N–H and O–H groups in total. The number of anilines is 2. The van der Waals surface area contributed by atoms with Crippen molar-refractivity contribution >= 4 is 17.5 Å². The van der Waals surface area contributed by atoms with Gasteiger partial charge in [0, 0.05) is 48.8 Å². The molecule has 0 saturated heterocycles. The minimum absolute atomic E-state index is 0.0366. The van der Waals surface area contributed by atoms with Crippen LogP contribution in [0, 0.1) is 11.3 Å². The molecule has 5 rings (SSSR count). The number of urea groups is 1. The number of aromatic nitrogens is 4. The number of hydrogen-bond donors (Lipinski definition) is 2. The second-order valence-electron chi connectivity index (χ2n) is 9.84. The van der Waals surface area contributed by atoms with Gasteiger partial charge in [-0.3, -0.25) is 9.58 Å². The van der Waals surface area contributed by atoms with Crippen LogP contribution in [0.4, 0.5) is 16.3 Å². The Hall–Kier alpha value is -4.91. The van der Waals surface area contributed by atoms with Gasteiger partial charge >= 0.3 is 6.03 Å². The first-order valence-corrected chi connectivity index (χ1v) is 13.3. The second-order valence-corrected chi connectivity index (χ2v) is 9.84. The van der Waals surface area contributed by atoms with Gasteiger partial charge in [0.05, 0.1) is 31.1 Å². The zero-order chi connectivity index (χ0) is 27.9. The third-order valence-corrected chi connectivity index (χ3v) is 7.12. The van der Waals surface area contributed by atoms with E-state index in [1.54, 1.807) is 30.1 Å². The number of nitrogens with zero attached hydrogens (tertiary/aromatic N) is 6. The molecule has 10 heteroatoms. The number of methoxy groups -OCH3 is 1. The molecule has 1 aromatic carbocycles. The smallest absolute Gasteiger partial charge is 0.322 e. The first-order valence-electron chi connectivity index (χ1n) is 13.3. The van der Waals surface area contributed by atoms with Gasteiger partial charge in [-0.2, -0.15) is 10.4 Å². The van der Waals surface area contributed by atoms with Crippen molar-refractivity contribution in [2.45, 2.75) is 44.3 Å². The number of nitrogens with one attached hydrogen (secondary N) is 2. The SMILES string of the molecule is COc1cccc(CNC(=O)N(c2ccc(-c3cnn(C)c3)cc2)[C@H]2CC[C@H](Nc3ccc(C#N)cn3)CC2)n1. The molecule has 0 unspecified atom stereocenters. The molecule has 0 bridgehead atoms. The molecule has 1 aliphatic rings. The second kappa shape index (κ2) is 12.3. The van der Waals surface area contributed by atoms with E-state index in [0.29, 0.717) is 18.0 Å². The minimum atomic E-state index is -0.163. The molecule has 3 heterocycles. The molecule has 40 heavy (non-hydrogen) atoms. The number of amides is 2. The fourth-order valence-electron chi connectivity index (χ4n) is 5.03. The molecule has 10 nitrogen and oxygen atoms in total. The fraction of sp³-hybridized carbons (Fsp3) is 0.300. The molecule has 0 aliphatic heterocycles. The molecular weight excluding hydrogens is 504 g/mol. The molecule has 1 aliphatic carbocycles. The summed E-state index contributed by atoms with van der Waals surface area (Å²) in [5.41, 5.74) is 4.17. The van der Waals surface area contributed by atoms with Crippen LogP contribution in [0.2, 0.25) is 0 Å². The lowest BCUT2D eigenvalue weighted by molar-refractivity contribution is 0.240. The topological polar surface area (TPSA) is 121 Å². The van der Waals surface area contributed by atoms with Crippen LogP contribution >= 0.6 is 0 Å². The molecule has 2 amide bonds. The van der Waals surface area contributed by atoms with Gasteiger partial charge in [-0.25, -0.2) is 14.8 Å². The Morgan fingerprint density at radius 3 is 2.52 bits per heavy atom. The fourth-order valence-corrected chi connectivity index (χ4v) is 5.03. The molecule has 3 aromatic heterocycles. The Morgan fingerprint density at radius 1 is 1.07 bits per heavy atom. The largest absolute Gasteiger partial charge is 0.481 e. The van der Waals surface area contributed by atoms with E-state index in [1.807, 2.05) is 66.8 Å². The van der Waals surface area contributed by atoms with E-state index in [4.69, 9.17) is 10.00 Å². The standard InChI is InChI=1S/C30H32N8O2/c1-37-20-23(18-34-37)22-7-11-26(12-8-22)38(30(39)33-19-25-4-3-5-29(36-25)40-2)27-13-9-24(10-14-27)35-28-15-6-21(16-31)17-32-28/h3-8,11-12,15,17-18,20,24,27H,9-10,13-14,19H2,1-2H3,(H,32,35)(H,33,39)/t24-,27-.